The van der Waals surface area contributed by atoms with Crippen molar-refractivity contribution in [3.8, 4) is 0 Å². The van der Waals surface area contributed by atoms with Crippen LogP contribution in [-0.4, -0.2) is 22.2 Å². The minimum atomic E-state index is -0.980. The number of nitrogens with one attached hydrogen (secondary N) is 1. The number of hydrogen-bond donors (Lipinski definition) is 2. The van der Waals surface area contributed by atoms with Crippen LogP contribution in [0.2, 0.25) is 0 Å². The maximum Gasteiger partial charge on any atom is 0.261 e. The highest BCUT2D eigenvalue weighted by Crippen LogP contribution is 2.28. The summed E-state index contributed by atoms with van der Waals surface area (Å²) in [6, 6.07) is 1.84. The molecule has 3 nitrogen and oxygen atoms in total. The molecule has 1 aromatic heterocycles. The van der Waals surface area contributed by atoms with Gasteiger partial charge in [0.15, 0.2) is 0 Å². The third kappa shape index (κ3) is 3.30. The first-order chi connectivity index (χ1) is 7.54. The van der Waals surface area contributed by atoms with Crippen LogP contribution in [0, 0.1) is 6.92 Å². The number of aliphatic hydroxyl groups is 1. The Balaban J connectivity index is 2.87. The Morgan fingerprint density at radius 2 is 1.94 bits per heavy atom. The molecule has 0 fully saturated rings. The van der Waals surface area contributed by atoms with Gasteiger partial charge in [-0.25, -0.2) is 0 Å². The molecule has 0 spiro atoms. The Bertz CT molecular complexity index is 413. The fourth-order valence-electron chi connectivity index (χ4n) is 1.07. The summed E-state index contributed by atoms with van der Waals surface area (Å²) < 4.78 is 0.962. The van der Waals surface area contributed by atoms with Crippen molar-refractivity contribution < 1.29 is 9.90 Å². The zero-order valence-electron chi connectivity index (χ0n) is 10.7. The van der Waals surface area contributed by atoms with Gasteiger partial charge in [0.2, 0.25) is 0 Å². The normalized spacial score (nSPS) is 12.6. The highest BCUT2D eigenvalue weighted by molar-refractivity contribution is 9.11. The summed E-state index contributed by atoms with van der Waals surface area (Å²) in [5.74, 6) is -0.157. The first-order valence-corrected chi connectivity index (χ1v) is 6.96. The number of carbonyl (C=O) groups excluding carboxylic acids is 1. The molecule has 1 aromatic rings. The number of thiophene rings is 1. The summed E-state index contributed by atoms with van der Waals surface area (Å²) in [7, 11) is 0. The first-order valence-electron chi connectivity index (χ1n) is 5.35. The predicted octanol–water partition coefficient (Wildman–Crippen LogP) is 3.10. The number of aryl methyl sites for hydroxylation is 1. The van der Waals surface area contributed by atoms with Gasteiger partial charge < -0.3 is 10.4 Å². The van der Waals surface area contributed by atoms with Gasteiger partial charge in [0.1, 0.15) is 0 Å². The molecule has 0 aliphatic rings. The SMILES string of the molecule is Cc1cc(C(=O)NC(C)(C)C(C)(C)O)sc1Br. The van der Waals surface area contributed by atoms with Crippen LogP contribution < -0.4 is 5.32 Å². The van der Waals surface area contributed by atoms with Gasteiger partial charge >= 0.3 is 0 Å². The van der Waals surface area contributed by atoms with Crippen LogP contribution in [0.15, 0.2) is 9.85 Å². The summed E-state index contributed by atoms with van der Waals surface area (Å²) in [5, 5.41) is 12.8. The van der Waals surface area contributed by atoms with Crippen molar-refractivity contribution in [3.05, 3.63) is 20.3 Å². The molecular formula is C12H18BrNO2S. The zero-order valence-corrected chi connectivity index (χ0v) is 13.1. The van der Waals surface area contributed by atoms with Gasteiger partial charge in [0.25, 0.3) is 5.91 Å². The Labute approximate surface area is 114 Å². The molecule has 0 unspecified atom stereocenters. The highest BCUT2D eigenvalue weighted by atomic mass is 79.9. The van der Waals surface area contributed by atoms with E-state index >= 15 is 0 Å². The van der Waals surface area contributed by atoms with Crippen LogP contribution >= 0.6 is 27.3 Å². The Morgan fingerprint density at radius 1 is 1.41 bits per heavy atom. The molecule has 2 N–H and O–H groups in total. The third-order valence-electron chi connectivity index (χ3n) is 3.04. The second-order valence-corrected chi connectivity index (χ2v) is 7.58. The molecule has 0 aliphatic heterocycles. The quantitative estimate of drug-likeness (QED) is 0.899. The van der Waals surface area contributed by atoms with Gasteiger partial charge in [-0.15, -0.1) is 11.3 Å². The van der Waals surface area contributed by atoms with Crippen LogP contribution in [0.5, 0.6) is 0 Å². The van der Waals surface area contributed by atoms with Gasteiger partial charge in [-0.2, -0.15) is 0 Å². The number of halogens is 1. The van der Waals surface area contributed by atoms with Crippen molar-refractivity contribution in [2.24, 2.45) is 0 Å². The lowest BCUT2D eigenvalue weighted by Crippen LogP contribution is -2.57. The average Bonchev–Trinajstić information content (AvgIpc) is 2.44. The summed E-state index contributed by atoms with van der Waals surface area (Å²) >= 11 is 4.79. The van der Waals surface area contributed by atoms with E-state index in [1.54, 1.807) is 27.7 Å². The maximum absolute atomic E-state index is 12.0. The molecule has 1 heterocycles. The van der Waals surface area contributed by atoms with E-state index < -0.39 is 11.1 Å². The number of hydrogen-bond acceptors (Lipinski definition) is 3. The van der Waals surface area contributed by atoms with Crippen LogP contribution in [-0.2, 0) is 0 Å². The fraction of sp³-hybridized carbons (Fsp3) is 0.583. The molecule has 5 heteroatoms. The Morgan fingerprint density at radius 3 is 2.29 bits per heavy atom. The number of amides is 1. The lowest BCUT2D eigenvalue weighted by Gasteiger charge is -2.37. The Hall–Kier alpha value is -0.390. The summed E-state index contributed by atoms with van der Waals surface area (Å²) in [5.41, 5.74) is -0.623. The van der Waals surface area contributed by atoms with Gasteiger partial charge in [0, 0.05) is 0 Å². The molecule has 0 bridgehead atoms. The molecule has 1 rings (SSSR count). The topological polar surface area (TPSA) is 49.3 Å². The van der Waals surface area contributed by atoms with Gasteiger partial charge in [-0.1, -0.05) is 0 Å². The van der Waals surface area contributed by atoms with E-state index in [9.17, 15) is 9.90 Å². The molecule has 1 amide bonds. The van der Waals surface area contributed by atoms with Crippen molar-refractivity contribution in [1.82, 2.24) is 5.32 Å². The molecule has 17 heavy (non-hydrogen) atoms. The van der Waals surface area contributed by atoms with E-state index in [2.05, 4.69) is 21.2 Å². The summed E-state index contributed by atoms with van der Waals surface area (Å²) in [4.78, 5) is 12.7. The lowest BCUT2D eigenvalue weighted by molar-refractivity contribution is -0.00284. The van der Waals surface area contributed by atoms with E-state index in [-0.39, 0.29) is 5.91 Å². The minimum Gasteiger partial charge on any atom is -0.388 e. The second kappa shape index (κ2) is 4.71. The molecule has 0 saturated carbocycles. The molecule has 0 saturated heterocycles. The van der Waals surface area contributed by atoms with Crippen molar-refractivity contribution in [2.45, 2.75) is 45.8 Å². The average molecular weight is 320 g/mol. The number of rotatable bonds is 3. The van der Waals surface area contributed by atoms with Gasteiger partial charge in [-0.05, 0) is 62.2 Å². The standard InChI is InChI=1S/C12H18BrNO2S/c1-7-6-8(17-9(7)13)10(15)14-11(2,3)12(4,5)16/h6,16H,1-5H3,(H,14,15). The molecule has 96 valence electrons. The van der Waals surface area contributed by atoms with E-state index in [1.165, 1.54) is 11.3 Å². The van der Waals surface area contributed by atoms with Crippen molar-refractivity contribution in [1.29, 1.82) is 0 Å². The maximum atomic E-state index is 12.0. The van der Waals surface area contributed by atoms with Gasteiger partial charge in [0.05, 0.1) is 19.8 Å². The highest BCUT2D eigenvalue weighted by Gasteiger charge is 2.36. The fourth-order valence-corrected chi connectivity index (χ4v) is 2.50. The Kier molecular flexibility index (Phi) is 4.06. The van der Waals surface area contributed by atoms with E-state index in [4.69, 9.17) is 0 Å². The molecular weight excluding hydrogens is 302 g/mol. The smallest absolute Gasteiger partial charge is 0.261 e. The van der Waals surface area contributed by atoms with Crippen molar-refractivity contribution in [2.75, 3.05) is 0 Å². The molecule has 0 aliphatic carbocycles. The monoisotopic (exact) mass is 319 g/mol. The summed E-state index contributed by atoms with van der Waals surface area (Å²) in [6.45, 7) is 8.92. The van der Waals surface area contributed by atoms with Crippen LogP contribution in [0.3, 0.4) is 0 Å². The van der Waals surface area contributed by atoms with E-state index in [1.807, 2.05) is 13.0 Å². The third-order valence-corrected chi connectivity index (χ3v) is 5.17. The van der Waals surface area contributed by atoms with Crippen LogP contribution in [0.25, 0.3) is 0 Å². The van der Waals surface area contributed by atoms with Crippen LogP contribution in [0.1, 0.15) is 42.9 Å². The molecule has 0 atom stereocenters. The lowest BCUT2D eigenvalue weighted by atomic mass is 9.86. The van der Waals surface area contributed by atoms with Crippen molar-refractivity contribution >= 4 is 33.2 Å². The van der Waals surface area contributed by atoms with E-state index in [0.717, 1.165) is 9.35 Å². The molecule has 0 aromatic carbocycles. The largest absolute Gasteiger partial charge is 0.388 e. The summed E-state index contributed by atoms with van der Waals surface area (Å²) in [6.07, 6.45) is 0. The van der Waals surface area contributed by atoms with Crippen LogP contribution in [0.4, 0.5) is 0 Å². The number of carbonyl (C=O) groups is 1. The van der Waals surface area contributed by atoms with Gasteiger partial charge in [-0.3, -0.25) is 4.79 Å². The predicted molar refractivity (Wildman–Crippen MR) is 74.6 cm³/mol. The minimum absolute atomic E-state index is 0.157. The van der Waals surface area contributed by atoms with E-state index in [0.29, 0.717) is 4.88 Å². The van der Waals surface area contributed by atoms with Crippen molar-refractivity contribution in [3.63, 3.8) is 0 Å². The zero-order chi connectivity index (χ0) is 13.4. The first kappa shape index (κ1) is 14.7. The molecule has 0 radical (unpaired) electrons. The second-order valence-electron chi connectivity index (χ2n) is 5.21.